The molecule has 3 rings (SSSR count). The van der Waals surface area contributed by atoms with Crippen LogP contribution in [0.25, 0.3) is 11.2 Å². The molecule has 0 aromatic carbocycles. The molecule has 10 heteroatoms. The number of aliphatic hydroxyl groups is 2. The highest BCUT2D eigenvalue weighted by molar-refractivity contribution is 5.83. The van der Waals surface area contributed by atoms with Gasteiger partial charge in [0.05, 0.1) is 32.1 Å². The molecular weight excluding hydrogens is 300 g/mol. The standard InChI is InChI=1S/C13H18N8O2/c1-19(4-10-18-17-8-20(10)2)12-11-13(15-6-14-12)21(7-16-11)3-9(23)5-22/h6-9,22-23H,3-5H2,1-2H3. The Morgan fingerprint density at radius 2 is 2.09 bits per heavy atom. The summed E-state index contributed by atoms with van der Waals surface area (Å²) in [6.07, 6.45) is 3.82. The average molecular weight is 318 g/mol. The van der Waals surface area contributed by atoms with Crippen LogP contribution in [0.2, 0.25) is 0 Å². The van der Waals surface area contributed by atoms with Gasteiger partial charge in [0.1, 0.15) is 12.7 Å². The smallest absolute Gasteiger partial charge is 0.165 e. The summed E-state index contributed by atoms with van der Waals surface area (Å²) in [7, 11) is 3.77. The number of aliphatic hydroxyl groups excluding tert-OH is 2. The molecule has 0 amide bonds. The summed E-state index contributed by atoms with van der Waals surface area (Å²) < 4.78 is 3.53. The van der Waals surface area contributed by atoms with Crippen LogP contribution in [0.5, 0.6) is 0 Å². The van der Waals surface area contributed by atoms with E-state index in [1.807, 2.05) is 23.6 Å². The quantitative estimate of drug-likeness (QED) is 0.591. The molecule has 2 N–H and O–H groups in total. The number of nitrogens with zero attached hydrogens (tertiary/aromatic N) is 8. The lowest BCUT2D eigenvalue weighted by Gasteiger charge is -2.17. The topological polar surface area (TPSA) is 118 Å². The molecule has 3 aromatic heterocycles. The van der Waals surface area contributed by atoms with Crippen LogP contribution < -0.4 is 4.90 Å². The molecule has 1 unspecified atom stereocenters. The molecule has 0 aliphatic rings. The molecule has 0 saturated carbocycles. The van der Waals surface area contributed by atoms with Crippen molar-refractivity contribution in [2.45, 2.75) is 19.2 Å². The monoisotopic (exact) mass is 318 g/mol. The van der Waals surface area contributed by atoms with Gasteiger partial charge in [-0.25, -0.2) is 15.0 Å². The number of hydrogen-bond acceptors (Lipinski definition) is 8. The Hall–Kier alpha value is -2.59. The second-order valence-corrected chi connectivity index (χ2v) is 5.32. The second-order valence-electron chi connectivity index (χ2n) is 5.32. The first-order valence-corrected chi connectivity index (χ1v) is 7.09. The van der Waals surface area contributed by atoms with E-state index in [1.165, 1.54) is 6.33 Å². The summed E-state index contributed by atoms with van der Waals surface area (Å²) in [5.41, 5.74) is 1.23. The van der Waals surface area contributed by atoms with Crippen molar-refractivity contribution in [2.75, 3.05) is 18.6 Å². The molecule has 0 fully saturated rings. The van der Waals surface area contributed by atoms with Crippen molar-refractivity contribution in [3.05, 3.63) is 24.8 Å². The molecule has 0 saturated heterocycles. The van der Waals surface area contributed by atoms with Gasteiger partial charge in [-0.05, 0) is 0 Å². The number of aromatic nitrogens is 7. The number of rotatable bonds is 6. The van der Waals surface area contributed by atoms with Gasteiger partial charge in [0.15, 0.2) is 22.8 Å². The first kappa shape index (κ1) is 15.3. The van der Waals surface area contributed by atoms with Crippen LogP contribution in [0, 0.1) is 0 Å². The Morgan fingerprint density at radius 3 is 2.78 bits per heavy atom. The molecule has 0 bridgehead atoms. The van der Waals surface area contributed by atoms with Crippen LogP contribution in [0.15, 0.2) is 19.0 Å². The van der Waals surface area contributed by atoms with E-state index in [9.17, 15) is 5.11 Å². The number of hydrogen-bond donors (Lipinski definition) is 2. The molecule has 3 aromatic rings. The minimum Gasteiger partial charge on any atom is -0.394 e. The maximum absolute atomic E-state index is 9.60. The maximum Gasteiger partial charge on any atom is 0.165 e. The Bertz CT molecular complexity index is 798. The minimum atomic E-state index is -0.859. The van der Waals surface area contributed by atoms with Crippen molar-refractivity contribution in [1.82, 2.24) is 34.3 Å². The summed E-state index contributed by atoms with van der Waals surface area (Å²) in [5.74, 6) is 1.46. The van der Waals surface area contributed by atoms with Crippen molar-refractivity contribution in [3.63, 3.8) is 0 Å². The van der Waals surface area contributed by atoms with E-state index in [0.29, 0.717) is 23.5 Å². The van der Waals surface area contributed by atoms with Crippen LogP contribution in [-0.2, 0) is 20.1 Å². The summed E-state index contributed by atoms with van der Waals surface area (Å²) in [4.78, 5) is 14.8. The van der Waals surface area contributed by atoms with Crippen molar-refractivity contribution >= 4 is 17.0 Å². The lowest BCUT2D eigenvalue weighted by Crippen LogP contribution is -2.21. The van der Waals surface area contributed by atoms with Crippen molar-refractivity contribution in [3.8, 4) is 0 Å². The molecule has 0 aliphatic heterocycles. The van der Waals surface area contributed by atoms with Crippen LogP contribution in [0.1, 0.15) is 5.82 Å². The number of imidazole rings is 1. The van der Waals surface area contributed by atoms with E-state index in [2.05, 4.69) is 25.1 Å². The maximum atomic E-state index is 9.60. The van der Waals surface area contributed by atoms with Gasteiger partial charge in [0, 0.05) is 14.1 Å². The number of anilines is 1. The van der Waals surface area contributed by atoms with Gasteiger partial charge < -0.3 is 24.2 Å². The molecular formula is C13H18N8O2. The largest absolute Gasteiger partial charge is 0.394 e. The molecule has 23 heavy (non-hydrogen) atoms. The lowest BCUT2D eigenvalue weighted by atomic mass is 10.3. The normalized spacial score (nSPS) is 12.7. The van der Waals surface area contributed by atoms with Gasteiger partial charge in [-0.1, -0.05) is 0 Å². The third-order valence-electron chi connectivity index (χ3n) is 3.55. The van der Waals surface area contributed by atoms with E-state index in [1.54, 1.807) is 17.2 Å². The first-order chi connectivity index (χ1) is 11.1. The molecule has 1 atom stereocenters. The molecule has 3 heterocycles. The molecule has 10 nitrogen and oxygen atoms in total. The average Bonchev–Trinajstić information content (AvgIpc) is 3.14. The lowest BCUT2D eigenvalue weighted by molar-refractivity contribution is 0.0820. The number of aryl methyl sites for hydroxylation is 1. The zero-order chi connectivity index (χ0) is 16.4. The molecule has 0 aliphatic carbocycles. The van der Waals surface area contributed by atoms with E-state index < -0.39 is 6.10 Å². The molecule has 0 spiro atoms. The van der Waals surface area contributed by atoms with Gasteiger partial charge >= 0.3 is 0 Å². The van der Waals surface area contributed by atoms with E-state index in [0.717, 1.165) is 5.82 Å². The first-order valence-electron chi connectivity index (χ1n) is 7.09. The zero-order valence-electron chi connectivity index (χ0n) is 12.9. The van der Waals surface area contributed by atoms with Crippen molar-refractivity contribution in [2.24, 2.45) is 7.05 Å². The third-order valence-corrected chi connectivity index (χ3v) is 3.55. The van der Waals surface area contributed by atoms with Crippen molar-refractivity contribution < 1.29 is 10.2 Å². The fourth-order valence-electron chi connectivity index (χ4n) is 2.30. The van der Waals surface area contributed by atoms with Crippen LogP contribution in [-0.4, -0.2) is 64.3 Å². The van der Waals surface area contributed by atoms with E-state index in [4.69, 9.17) is 5.11 Å². The predicted molar refractivity (Wildman–Crippen MR) is 81.5 cm³/mol. The summed E-state index contributed by atoms with van der Waals surface area (Å²) >= 11 is 0. The van der Waals surface area contributed by atoms with Gasteiger partial charge in [-0.15, -0.1) is 10.2 Å². The SMILES string of the molecule is CN(Cc1nncn1C)c1ncnc2c1ncn2CC(O)CO. The fourth-order valence-corrected chi connectivity index (χ4v) is 2.30. The Labute approximate surface area is 132 Å². The summed E-state index contributed by atoms with van der Waals surface area (Å²) in [6, 6.07) is 0. The van der Waals surface area contributed by atoms with Gasteiger partial charge in [-0.3, -0.25) is 0 Å². The van der Waals surface area contributed by atoms with Gasteiger partial charge in [0.25, 0.3) is 0 Å². The van der Waals surface area contributed by atoms with Crippen LogP contribution >= 0.6 is 0 Å². The Kier molecular flexibility index (Phi) is 4.17. The van der Waals surface area contributed by atoms with Crippen LogP contribution in [0.4, 0.5) is 5.82 Å². The molecule has 122 valence electrons. The Balaban J connectivity index is 1.90. The van der Waals surface area contributed by atoms with E-state index >= 15 is 0 Å². The van der Waals surface area contributed by atoms with Crippen molar-refractivity contribution in [1.29, 1.82) is 0 Å². The van der Waals surface area contributed by atoms with E-state index in [-0.39, 0.29) is 13.2 Å². The predicted octanol–water partition coefficient (Wildman–Crippen LogP) is -1.06. The van der Waals surface area contributed by atoms with Crippen LogP contribution in [0.3, 0.4) is 0 Å². The van der Waals surface area contributed by atoms with Gasteiger partial charge in [0.2, 0.25) is 0 Å². The van der Waals surface area contributed by atoms with Gasteiger partial charge in [-0.2, -0.15) is 0 Å². The Morgan fingerprint density at radius 1 is 1.26 bits per heavy atom. The highest BCUT2D eigenvalue weighted by Crippen LogP contribution is 2.21. The highest BCUT2D eigenvalue weighted by Gasteiger charge is 2.16. The summed E-state index contributed by atoms with van der Waals surface area (Å²) in [5, 5.41) is 26.5. The second kappa shape index (κ2) is 6.26. The third kappa shape index (κ3) is 2.98. The number of fused-ring (bicyclic) bond motifs is 1. The highest BCUT2D eigenvalue weighted by atomic mass is 16.3. The summed E-state index contributed by atoms with van der Waals surface area (Å²) in [6.45, 7) is 0.425. The molecule has 0 radical (unpaired) electrons. The zero-order valence-corrected chi connectivity index (χ0v) is 12.9. The minimum absolute atomic E-state index is 0.219. The fraction of sp³-hybridized carbons (Fsp3) is 0.462.